The molecule has 51 heavy (non-hydrogen) atoms. The number of hydrogen-bond acceptors (Lipinski definition) is 12. The molecule has 0 amide bonds. The Bertz CT molecular complexity index is 2390. The van der Waals surface area contributed by atoms with Gasteiger partial charge >= 0.3 is 10.6 Å². The number of azo groups is 2. The zero-order chi connectivity index (χ0) is 37.5. The molecule has 0 fully saturated rings. The number of hydrogen-bond donors (Lipinski definition) is 1. The maximum absolute atomic E-state index is 11.6. The lowest BCUT2D eigenvalue weighted by atomic mass is 10.0. The molecule has 0 spiro atoms. The summed E-state index contributed by atoms with van der Waals surface area (Å²) in [6, 6.07) is 19.0. The van der Waals surface area contributed by atoms with Crippen molar-refractivity contribution in [2.75, 3.05) is 0 Å². The normalized spacial score (nSPS) is 11.5. The second kappa shape index (κ2) is 17.1. The van der Waals surface area contributed by atoms with Gasteiger partial charge in [-0.25, -0.2) is 15.0 Å². The molecular formula is C33H28Cl3N7O6S2. The molecule has 5 aromatic rings. The van der Waals surface area contributed by atoms with Crippen LogP contribution in [0.4, 0.5) is 22.7 Å². The van der Waals surface area contributed by atoms with Crippen molar-refractivity contribution in [3.05, 3.63) is 127 Å². The zero-order valence-corrected chi connectivity index (χ0v) is 31.2. The van der Waals surface area contributed by atoms with Crippen LogP contribution in [0.1, 0.15) is 45.0 Å². The van der Waals surface area contributed by atoms with E-state index in [1.807, 2.05) is 58.0 Å². The van der Waals surface area contributed by atoms with E-state index in [4.69, 9.17) is 52.4 Å². The Morgan fingerprint density at radius 1 is 0.627 bits per heavy atom. The zero-order valence-electron chi connectivity index (χ0n) is 27.3. The minimum Gasteiger partial charge on any atom is -0.282 e. The van der Waals surface area contributed by atoms with Gasteiger partial charge in [0.05, 0.1) is 27.8 Å². The van der Waals surface area contributed by atoms with E-state index >= 15 is 0 Å². The summed E-state index contributed by atoms with van der Waals surface area (Å²) in [5, 5.41) is 17.8. The van der Waals surface area contributed by atoms with Gasteiger partial charge in [0.25, 0.3) is 10.1 Å². The Morgan fingerprint density at radius 3 is 1.55 bits per heavy atom. The molecule has 1 aromatic heterocycles. The fourth-order valence-corrected chi connectivity index (χ4v) is 6.05. The standard InChI is InChI=1S/C33H28Cl3N7O3S.O3S/c1-18-13-28(42-40-25-7-5-24(34)6-8-25)20(3)11-22(18)15-31-37-32(39-33(36)38-31)16-23-12-21(4)29(14-19(23)2)43-41-26-9-10-27(35)30(17-26)47(44,45)46;1-4(2)3/h5-14,17H,15-16H2,1-4H3,(H,44,45,46);. The molecule has 1 heterocycles. The quantitative estimate of drug-likeness (QED) is 0.112. The molecule has 0 aliphatic rings. The molecule has 0 unspecified atom stereocenters. The molecule has 4 aromatic carbocycles. The van der Waals surface area contributed by atoms with Crippen molar-refractivity contribution in [2.24, 2.45) is 20.5 Å². The van der Waals surface area contributed by atoms with Crippen molar-refractivity contribution in [2.45, 2.75) is 45.4 Å². The minimum atomic E-state index is -4.50. The Hall–Kier alpha value is -4.51. The number of aryl methyl sites for hydroxylation is 4. The van der Waals surface area contributed by atoms with Crippen LogP contribution in [0.3, 0.4) is 0 Å². The lowest BCUT2D eigenvalue weighted by Crippen LogP contribution is -2.07. The monoisotopic (exact) mass is 787 g/mol. The van der Waals surface area contributed by atoms with Crippen LogP contribution < -0.4 is 0 Å². The molecule has 0 aliphatic carbocycles. The second-order valence-electron chi connectivity index (χ2n) is 11.1. The lowest BCUT2D eigenvalue weighted by Gasteiger charge is -2.11. The van der Waals surface area contributed by atoms with Crippen molar-refractivity contribution in [1.29, 1.82) is 0 Å². The van der Waals surface area contributed by atoms with Gasteiger partial charge in [0.2, 0.25) is 5.28 Å². The predicted molar refractivity (Wildman–Crippen MR) is 193 cm³/mol. The molecule has 0 radical (unpaired) electrons. The summed E-state index contributed by atoms with van der Waals surface area (Å²) >= 11 is 18.2. The molecule has 1 N–H and O–H groups in total. The van der Waals surface area contributed by atoms with E-state index < -0.39 is 25.6 Å². The van der Waals surface area contributed by atoms with E-state index in [-0.39, 0.29) is 16.0 Å². The average Bonchev–Trinajstić information content (AvgIpc) is 3.03. The molecule has 5 rings (SSSR count). The van der Waals surface area contributed by atoms with Crippen LogP contribution in [-0.4, -0.2) is 40.5 Å². The lowest BCUT2D eigenvalue weighted by molar-refractivity contribution is 0.483. The van der Waals surface area contributed by atoms with Gasteiger partial charge in [0, 0.05) is 17.9 Å². The van der Waals surface area contributed by atoms with Crippen LogP contribution in [0, 0.1) is 27.7 Å². The SMILES string of the molecule is Cc1cc(N=Nc2ccc(Cl)cc2)c(C)cc1Cc1nc(Cl)nc(Cc2cc(C)c(N=Nc3ccc(Cl)c(S(=O)(=O)O)c3)cc2C)n1.O=S(=O)=O. The Balaban J connectivity index is 0.00000138. The van der Waals surface area contributed by atoms with Crippen molar-refractivity contribution >= 4 is 78.3 Å². The largest absolute Gasteiger partial charge is 0.425 e. The summed E-state index contributed by atoms with van der Waals surface area (Å²) in [7, 11) is -7.61. The van der Waals surface area contributed by atoms with Crippen molar-refractivity contribution in [1.82, 2.24) is 15.0 Å². The maximum atomic E-state index is 11.6. The number of nitrogens with zero attached hydrogens (tertiary/aromatic N) is 7. The maximum Gasteiger partial charge on any atom is 0.425 e. The summed E-state index contributed by atoms with van der Waals surface area (Å²) in [5.41, 5.74) is 8.02. The topological polar surface area (TPSA) is 194 Å². The molecule has 264 valence electrons. The summed E-state index contributed by atoms with van der Waals surface area (Å²) < 4.78 is 57.9. The first-order chi connectivity index (χ1) is 24.0. The Kier molecular flexibility index (Phi) is 13.2. The summed E-state index contributed by atoms with van der Waals surface area (Å²) in [6.07, 6.45) is 0.869. The van der Waals surface area contributed by atoms with Crippen molar-refractivity contribution in [3.63, 3.8) is 0 Å². The van der Waals surface area contributed by atoms with Crippen molar-refractivity contribution < 1.29 is 25.6 Å². The van der Waals surface area contributed by atoms with Gasteiger partial charge in [-0.2, -0.15) is 28.9 Å². The van der Waals surface area contributed by atoms with Crippen LogP contribution >= 0.6 is 34.8 Å². The smallest absolute Gasteiger partial charge is 0.282 e. The van der Waals surface area contributed by atoms with Crippen LogP contribution in [-0.2, 0) is 33.6 Å². The Labute approximate surface area is 310 Å². The van der Waals surface area contributed by atoms with E-state index in [0.29, 0.717) is 40.9 Å². The highest BCUT2D eigenvalue weighted by Gasteiger charge is 2.16. The molecule has 0 atom stereocenters. The fraction of sp³-hybridized carbons (Fsp3) is 0.182. The molecule has 0 saturated carbocycles. The number of rotatable bonds is 9. The summed E-state index contributed by atoms with van der Waals surface area (Å²) in [5.74, 6) is 1.07. The first kappa shape index (κ1) is 39.3. The highest BCUT2D eigenvalue weighted by Crippen LogP contribution is 2.31. The van der Waals surface area contributed by atoms with E-state index in [1.165, 1.54) is 12.1 Å². The summed E-state index contributed by atoms with van der Waals surface area (Å²) in [6.45, 7) is 7.81. The number of aromatic nitrogens is 3. The number of benzene rings is 4. The first-order valence-electron chi connectivity index (χ1n) is 14.7. The van der Waals surface area contributed by atoms with Crippen LogP contribution in [0.5, 0.6) is 0 Å². The molecule has 18 heteroatoms. The van der Waals surface area contributed by atoms with E-state index in [9.17, 15) is 13.0 Å². The Morgan fingerprint density at radius 2 is 1.08 bits per heavy atom. The molecular weight excluding hydrogens is 761 g/mol. The highest BCUT2D eigenvalue weighted by atomic mass is 35.5. The van der Waals surface area contributed by atoms with Gasteiger partial charge in [-0.1, -0.05) is 35.3 Å². The third kappa shape index (κ3) is 11.5. The van der Waals surface area contributed by atoms with Gasteiger partial charge in [-0.05, 0) is 127 Å². The van der Waals surface area contributed by atoms with E-state index in [2.05, 4.69) is 36.5 Å². The van der Waals surface area contributed by atoms with E-state index in [1.54, 1.807) is 12.1 Å². The van der Waals surface area contributed by atoms with Gasteiger partial charge in [-0.3, -0.25) is 4.55 Å². The van der Waals surface area contributed by atoms with Gasteiger partial charge in [0.15, 0.2) is 0 Å². The third-order valence-corrected chi connectivity index (χ3v) is 9.03. The van der Waals surface area contributed by atoms with Crippen LogP contribution in [0.15, 0.2) is 92.1 Å². The molecule has 0 aliphatic heterocycles. The summed E-state index contributed by atoms with van der Waals surface area (Å²) in [4.78, 5) is 13.0. The van der Waals surface area contributed by atoms with Gasteiger partial charge in [0.1, 0.15) is 16.5 Å². The van der Waals surface area contributed by atoms with Crippen molar-refractivity contribution in [3.8, 4) is 0 Å². The van der Waals surface area contributed by atoms with Crippen LogP contribution in [0.25, 0.3) is 0 Å². The highest BCUT2D eigenvalue weighted by molar-refractivity contribution is 7.86. The second-order valence-corrected chi connectivity index (χ2v) is 14.1. The minimum absolute atomic E-state index is 0.110. The van der Waals surface area contributed by atoms with Crippen LogP contribution in [0.2, 0.25) is 15.3 Å². The first-order valence-corrected chi connectivity index (χ1v) is 18.3. The predicted octanol–water partition coefficient (Wildman–Crippen LogP) is 9.32. The fourth-order valence-electron chi connectivity index (χ4n) is 4.74. The molecule has 0 bridgehead atoms. The third-order valence-electron chi connectivity index (χ3n) is 7.27. The van der Waals surface area contributed by atoms with Gasteiger partial charge < -0.3 is 0 Å². The number of halogens is 3. The average molecular weight is 789 g/mol. The molecule has 0 saturated heterocycles. The van der Waals surface area contributed by atoms with E-state index in [0.717, 1.165) is 45.1 Å². The van der Waals surface area contributed by atoms with Gasteiger partial charge in [-0.15, -0.1) is 12.6 Å². The molecule has 13 nitrogen and oxygen atoms in total.